The molecule has 0 spiro atoms. The molecule has 90 valence electrons. The van der Waals surface area contributed by atoms with E-state index in [-0.39, 0.29) is 0 Å². The number of pyridine rings is 1. The lowest BCUT2D eigenvalue weighted by Gasteiger charge is -2.27. The number of anilines is 1. The number of rotatable bonds is 6. The number of nitrogens with two attached hydrogens (primary N) is 1. The van der Waals surface area contributed by atoms with E-state index in [0.29, 0.717) is 12.2 Å². The van der Waals surface area contributed by atoms with Gasteiger partial charge in [0, 0.05) is 12.6 Å². The highest BCUT2D eigenvalue weighted by atomic mass is 16.3. The van der Waals surface area contributed by atoms with Gasteiger partial charge in [-0.1, -0.05) is 26.7 Å². The first-order valence-corrected chi connectivity index (χ1v) is 6.02. The van der Waals surface area contributed by atoms with Gasteiger partial charge < -0.3 is 10.8 Å². The molecule has 3 N–H and O–H groups in total. The minimum absolute atomic E-state index is 0.521. The van der Waals surface area contributed by atoms with Gasteiger partial charge in [-0.2, -0.15) is 0 Å². The van der Waals surface area contributed by atoms with Crippen molar-refractivity contribution in [1.82, 2.24) is 4.98 Å². The number of hydrogen-bond acceptors (Lipinski definition) is 3. The van der Waals surface area contributed by atoms with E-state index in [0.717, 1.165) is 31.2 Å². The van der Waals surface area contributed by atoms with Crippen molar-refractivity contribution in [3.8, 4) is 0 Å². The molecule has 3 heteroatoms. The second kappa shape index (κ2) is 5.85. The van der Waals surface area contributed by atoms with Crippen molar-refractivity contribution in [1.29, 1.82) is 0 Å². The van der Waals surface area contributed by atoms with E-state index in [4.69, 9.17) is 5.73 Å². The summed E-state index contributed by atoms with van der Waals surface area (Å²) in [6.45, 7) is 4.20. The van der Waals surface area contributed by atoms with Crippen molar-refractivity contribution in [2.24, 2.45) is 0 Å². The summed E-state index contributed by atoms with van der Waals surface area (Å²) in [4.78, 5) is 3.96. The monoisotopic (exact) mass is 222 g/mol. The van der Waals surface area contributed by atoms with Crippen molar-refractivity contribution in [3.05, 3.63) is 23.9 Å². The summed E-state index contributed by atoms with van der Waals surface area (Å²) in [5, 5.41) is 10.5. The van der Waals surface area contributed by atoms with Crippen LogP contribution in [0.25, 0.3) is 0 Å². The summed E-state index contributed by atoms with van der Waals surface area (Å²) < 4.78 is 0. The third kappa shape index (κ3) is 3.81. The van der Waals surface area contributed by atoms with Gasteiger partial charge >= 0.3 is 0 Å². The molecule has 1 aromatic heterocycles. The molecule has 1 aromatic rings. The van der Waals surface area contributed by atoms with E-state index in [1.165, 1.54) is 0 Å². The molecule has 0 saturated carbocycles. The molecule has 16 heavy (non-hydrogen) atoms. The number of nitrogen functional groups attached to an aromatic ring is 1. The van der Waals surface area contributed by atoms with Crippen molar-refractivity contribution in [2.45, 2.75) is 51.6 Å². The number of hydrogen-bond donors (Lipinski definition) is 2. The number of aromatic nitrogens is 1. The zero-order valence-corrected chi connectivity index (χ0v) is 10.2. The maximum absolute atomic E-state index is 10.5. The van der Waals surface area contributed by atoms with E-state index >= 15 is 0 Å². The first kappa shape index (κ1) is 13.0. The zero-order valence-electron chi connectivity index (χ0n) is 10.2. The average molecular weight is 222 g/mol. The Morgan fingerprint density at radius 3 is 2.44 bits per heavy atom. The Morgan fingerprint density at radius 2 is 1.94 bits per heavy atom. The molecular weight excluding hydrogens is 200 g/mol. The van der Waals surface area contributed by atoms with Crippen molar-refractivity contribution in [3.63, 3.8) is 0 Å². The van der Waals surface area contributed by atoms with Gasteiger partial charge in [0.25, 0.3) is 0 Å². The highest BCUT2D eigenvalue weighted by Gasteiger charge is 2.25. The van der Waals surface area contributed by atoms with Gasteiger partial charge in [-0.3, -0.25) is 0 Å². The standard InChI is InChI=1S/C13H22N2O/c1-3-6-13(16,7-4-2)10-11-5-8-15-12(14)9-11/h5,8-9,16H,3-4,6-7,10H2,1-2H3,(H2,14,15). The Bertz CT molecular complexity index is 319. The van der Waals surface area contributed by atoms with Crippen LogP contribution in [0.4, 0.5) is 5.82 Å². The van der Waals surface area contributed by atoms with Crippen LogP contribution < -0.4 is 5.73 Å². The third-order valence-electron chi connectivity index (χ3n) is 2.81. The molecule has 0 aliphatic carbocycles. The normalized spacial score (nSPS) is 11.7. The minimum atomic E-state index is -0.586. The van der Waals surface area contributed by atoms with E-state index in [2.05, 4.69) is 18.8 Å². The van der Waals surface area contributed by atoms with Gasteiger partial charge in [-0.05, 0) is 30.5 Å². The topological polar surface area (TPSA) is 59.1 Å². The van der Waals surface area contributed by atoms with Gasteiger partial charge in [-0.25, -0.2) is 4.98 Å². The number of aliphatic hydroxyl groups is 1. The van der Waals surface area contributed by atoms with Crippen LogP contribution in [0, 0.1) is 0 Å². The summed E-state index contributed by atoms with van der Waals surface area (Å²) in [5.41, 5.74) is 6.11. The molecule has 0 amide bonds. The fourth-order valence-corrected chi connectivity index (χ4v) is 2.22. The Labute approximate surface area is 97.7 Å². The molecule has 0 unspecified atom stereocenters. The van der Waals surface area contributed by atoms with Crippen LogP contribution in [-0.2, 0) is 6.42 Å². The van der Waals surface area contributed by atoms with Crippen LogP contribution in [0.15, 0.2) is 18.3 Å². The SMILES string of the molecule is CCCC(O)(CCC)Cc1ccnc(N)c1. The predicted molar refractivity (Wildman–Crippen MR) is 67.1 cm³/mol. The fraction of sp³-hybridized carbons (Fsp3) is 0.615. The molecule has 0 aliphatic heterocycles. The Morgan fingerprint density at radius 1 is 1.31 bits per heavy atom. The van der Waals surface area contributed by atoms with Crippen LogP contribution in [0.3, 0.4) is 0 Å². The summed E-state index contributed by atoms with van der Waals surface area (Å²) in [6, 6.07) is 3.77. The van der Waals surface area contributed by atoms with Gasteiger partial charge in [0.15, 0.2) is 0 Å². The minimum Gasteiger partial charge on any atom is -0.390 e. The molecule has 1 rings (SSSR count). The second-order valence-electron chi connectivity index (χ2n) is 4.49. The number of nitrogens with zero attached hydrogens (tertiary/aromatic N) is 1. The third-order valence-corrected chi connectivity index (χ3v) is 2.81. The maximum Gasteiger partial charge on any atom is 0.123 e. The van der Waals surface area contributed by atoms with E-state index in [1.807, 2.05) is 12.1 Å². The smallest absolute Gasteiger partial charge is 0.123 e. The van der Waals surface area contributed by atoms with Crippen LogP contribution in [-0.4, -0.2) is 15.7 Å². The molecule has 0 aromatic carbocycles. The maximum atomic E-state index is 10.5. The van der Waals surface area contributed by atoms with E-state index in [9.17, 15) is 5.11 Å². The molecule has 1 heterocycles. The van der Waals surface area contributed by atoms with Crippen LogP contribution >= 0.6 is 0 Å². The summed E-state index contributed by atoms with van der Waals surface area (Å²) in [5.74, 6) is 0.521. The van der Waals surface area contributed by atoms with E-state index in [1.54, 1.807) is 6.20 Å². The van der Waals surface area contributed by atoms with Gasteiger partial charge in [-0.15, -0.1) is 0 Å². The molecule has 0 atom stereocenters. The molecule has 0 saturated heterocycles. The van der Waals surface area contributed by atoms with Crippen LogP contribution in [0.2, 0.25) is 0 Å². The lowest BCUT2D eigenvalue weighted by Crippen LogP contribution is -2.31. The zero-order chi connectivity index (χ0) is 12.0. The van der Waals surface area contributed by atoms with Gasteiger partial charge in [0.2, 0.25) is 0 Å². The molecule has 0 fully saturated rings. The van der Waals surface area contributed by atoms with E-state index < -0.39 is 5.60 Å². The summed E-state index contributed by atoms with van der Waals surface area (Å²) in [6.07, 6.45) is 6.03. The highest BCUT2D eigenvalue weighted by Crippen LogP contribution is 2.24. The van der Waals surface area contributed by atoms with Crippen molar-refractivity contribution in [2.75, 3.05) is 5.73 Å². The molecule has 0 bridgehead atoms. The van der Waals surface area contributed by atoms with Crippen LogP contribution in [0.5, 0.6) is 0 Å². The average Bonchev–Trinajstić information content (AvgIpc) is 2.17. The Balaban J connectivity index is 2.74. The van der Waals surface area contributed by atoms with Gasteiger partial charge in [0.1, 0.15) is 5.82 Å². The van der Waals surface area contributed by atoms with Crippen molar-refractivity contribution >= 4 is 5.82 Å². The molecule has 0 radical (unpaired) electrons. The molecular formula is C13H22N2O. The molecule has 0 aliphatic rings. The second-order valence-corrected chi connectivity index (χ2v) is 4.49. The van der Waals surface area contributed by atoms with Crippen molar-refractivity contribution < 1.29 is 5.11 Å². The van der Waals surface area contributed by atoms with Crippen LogP contribution in [0.1, 0.15) is 45.1 Å². The molecule has 3 nitrogen and oxygen atoms in total. The lowest BCUT2D eigenvalue weighted by atomic mass is 9.86. The predicted octanol–water partition coefficient (Wildman–Crippen LogP) is 2.54. The van der Waals surface area contributed by atoms with Gasteiger partial charge in [0.05, 0.1) is 5.60 Å². The quantitative estimate of drug-likeness (QED) is 0.777. The highest BCUT2D eigenvalue weighted by molar-refractivity contribution is 5.32. The first-order valence-electron chi connectivity index (χ1n) is 6.02. The fourth-order valence-electron chi connectivity index (χ4n) is 2.22. The lowest BCUT2D eigenvalue weighted by molar-refractivity contribution is 0.0216. The largest absolute Gasteiger partial charge is 0.390 e. The summed E-state index contributed by atoms with van der Waals surface area (Å²) in [7, 11) is 0. The first-order chi connectivity index (χ1) is 7.59. The summed E-state index contributed by atoms with van der Waals surface area (Å²) >= 11 is 0. The Hall–Kier alpha value is -1.09. The Kier molecular flexibility index (Phi) is 4.74.